The van der Waals surface area contributed by atoms with Crippen molar-refractivity contribution in [2.45, 2.75) is 0 Å². The predicted octanol–water partition coefficient (Wildman–Crippen LogP) is 0.504. The molecule has 0 aliphatic heterocycles. The van der Waals surface area contributed by atoms with E-state index in [4.69, 9.17) is 33.2 Å². The molecule has 0 aromatic rings. The third kappa shape index (κ3) is 23.9. The Balaban J connectivity index is 0. The number of halogens is 3. The average molecular weight is 345 g/mol. The van der Waals surface area contributed by atoms with Gasteiger partial charge in [-0.15, -0.1) is 33.2 Å². The number of hydrogen-bond donors (Lipinski definition) is 0. The zero-order valence-electron chi connectivity index (χ0n) is 2.42. The molecule has 0 nitrogen and oxygen atoms in total. The molecule has 32 valence electrons. The second-order valence-electron chi connectivity index (χ2n) is 0.247. The van der Waals surface area contributed by atoms with Gasteiger partial charge in [-0.05, 0) is 0 Å². The van der Waals surface area contributed by atoms with E-state index >= 15 is 0 Å². The Kier molecular flexibility index (Phi) is 12.1. The monoisotopic (exact) mass is 344 g/mol. The molecule has 0 aliphatic rings. The summed E-state index contributed by atoms with van der Waals surface area (Å²) in [6.07, 6.45) is 0. The summed E-state index contributed by atoms with van der Waals surface area (Å²) < 4.78 is 0. The molecule has 0 saturated heterocycles. The summed E-state index contributed by atoms with van der Waals surface area (Å²) in [7, 11) is 0. The van der Waals surface area contributed by atoms with Gasteiger partial charge in [-0.1, -0.05) is 0 Å². The van der Waals surface area contributed by atoms with Crippen LogP contribution in [0.15, 0.2) is 0 Å². The normalized spacial score (nSPS) is 7.20. The summed E-state index contributed by atoms with van der Waals surface area (Å²) >= 11 is 14.8. The first-order chi connectivity index (χ1) is 1.73. The van der Waals surface area contributed by atoms with E-state index in [0.29, 0.717) is 0 Å². The fourth-order valence-corrected chi connectivity index (χ4v) is 0. The summed E-state index contributed by atoms with van der Waals surface area (Å²) in [6, 6.07) is 0. The van der Waals surface area contributed by atoms with Gasteiger partial charge in [0.1, 0.15) is 0 Å². The molecule has 0 bridgehead atoms. The van der Waals surface area contributed by atoms with Crippen molar-refractivity contribution in [2.75, 3.05) is 0 Å². The van der Waals surface area contributed by atoms with Crippen LogP contribution in [0, 0.1) is 0 Å². The molecular weight excluding hydrogens is 342 g/mol. The Morgan fingerprint density at radius 2 is 1.00 bits per heavy atom. The van der Waals surface area contributed by atoms with Crippen molar-refractivity contribution >= 4 is 67.3 Å². The van der Waals surface area contributed by atoms with Crippen LogP contribution in [0.2, 0.25) is 0 Å². The Hall–Kier alpha value is 2.01. The third-order valence-corrected chi connectivity index (χ3v) is 0. The molecular formula is H3Cl3PbSi. The molecule has 0 fully saturated rings. The first-order valence-electron chi connectivity index (χ1n) is 0.655. The first kappa shape index (κ1) is 10.1. The van der Waals surface area contributed by atoms with Gasteiger partial charge in [-0.3, -0.25) is 0 Å². The molecule has 0 N–H and O–H groups in total. The van der Waals surface area contributed by atoms with Crippen molar-refractivity contribution in [2.24, 2.45) is 0 Å². The fraction of sp³-hybridized carbons (Fsp3) is 0. The van der Waals surface area contributed by atoms with Gasteiger partial charge < -0.3 is 0 Å². The Labute approximate surface area is 66.7 Å². The summed E-state index contributed by atoms with van der Waals surface area (Å²) in [5.74, 6) is 0. The van der Waals surface area contributed by atoms with E-state index in [-0.39, 0.29) is 27.3 Å². The van der Waals surface area contributed by atoms with E-state index in [0.717, 1.165) is 0 Å². The quantitative estimate of drug-likeness (QED) is 0.444. The Bertz CT molecular complexity index is 11.6. The predicted molar refractivity (Wildman–Crippen MR) is 33.3 cm³/mol. The fourth-order valence-electron chi connectivity index (χ4n) is 0. The van der Waals surface area contributed by atoms with Crippen molar-refractivity contribution in [3.8, 4) is 0 Å². The molecule has 0 aromatic carbocycles. The van der Waals surface area contributed by atoms with Crippen LogP contribution in [0.5, 0.6) is 0 Å². The first-order valence-corrected chi connectivity index (χ1v) is 5.89. The molecule has 5 heavy (non-hydrogen) atoms. The van der Waals surface area contributed by atoms with Crippen LogP contribution < -0.4 is 0 Å². The second kappa shape index (κ2) is 6.01. The van der Waals surface area contributed by atoms with E-state index in [9.17, 15) is 0 Å². The summed E-state index contributed by atoms with van der Waals surface area (Å²) in [4.78, 5) is 0. The molecule has 2 radical (unpaired) electrons. The zero-order valence-corrected chi connectivity index (χ0v) is 11.3. The van der Waals surface area contributed by atoms with Gasteiger partial charge in [0.2, 0.25) is 0 Å². The second-order valence-corrected chi connectivity index (χ2v) is 6.68. The van der Waals surface area contributed by atoms with E-state index in [2.05, 4.69) is 0 Å². The van der Waals surface area contributed by atoms with Crippen molar-refractivity contribution in [1.29, 1.82) is 0 Å². The topological polar surface area (TPSA) is 0 Å². The van der Waals surface area contributed by atoms with Gasteiger partial charge in [-0.25, -0.2) is 0 Å². The molecule has 0 spiro atoms. The third-order valence-electron chi connectivity index (χ3n) is 0. The van der Waals surface area contributed by atoms with E-state index in [1.807, 2.05) is 0 Å². The summed E-state index contributed by atoms with van der Waals surface area (Å²) in [5, 5.41) is 0. The molecule has 0 aromatic heterocycles. The molecule has 0 rings (SSSR count). The molecule has 0 atom stereocenters. The minimum atomic E-state index is -1.72. The van der Waals surface area contributed by atoms with Crippen LogP contribution in [0.25, 0.3) is 0 Å². The maximum absolute atomic E-state index is 4.94. The molecule has 0 unspecified atom stereocenters. The van der Waals surface area contributed by atoms with E-state index in [1.54, 1.807) is 0 Å². The molecule has 0 aliphatic carbocycles. The SMILES string of the molecule is Cl[SiH](Cl)Cl.[PbH2]. The average Bonchev–Trinajstić information content (AvgIpc) is 0.811. The maximum atomic E-state index is 4.94. The van der Waals surface area contributed by atoms with Crippen LogP contribution in [0.3, 0.4) is 0 Å². The standard InChI is InChI=1S/Cl3HSi.Pb.2H/c1-4(2)3;;;/h4H;;;. The van der Waals surface area contributed by atoms with Crippen LogP contribution in [-0.2, 0) is 0 Å². The van der Waals surface area contributed by atoms with Gasteiger partial charge in [0.05, 0.1) is 0 Å². The van der Waals surface area contributed by atoms with Gasteiger partial charge >= 0.3 is 34.0 Å². The summed E-state index contributed by atoms with van der Waals surface area (Å²) in [6.45, 7) is -1.72. The van der Waals surface area contributed by atoms with Crippen molar-refractivity contribution in [3.05, 3.63) is 0 Å². The zero-order chi connectivity index (χ0) is 3.58. The Morgan fingerprint density at radius 3 is 1.00 bits per heavy atom. The molecule has 0 saturated carbocycles. The number of hydrogen-bond acceptors (Lipinski definition) is 0. The van der Waals surface area contributed by atoms with Crippen LogP contribution >= 0.6 is 33.2 Å². The van der Waals surface area contributed by atoms with Crippen LogP contribution in [-0.4, -0.2) is 34.0 Å². The van der Waals surface area contributed by atoms with Crippen LogP contribution in [0.1, 0.15) is 0 Å². The minimum absolute atomic E-state index is 0. The van der Waals surface area contributed by atoms with Crippen molar-refractivity contribution in [1.82, 2.24) is 0 Å². The number of rotatable bonds is 0. The Morgan fingerprint density at radius 1 is 1.00 bits per heavy atom. The van der Waals surface area contributed by atoms with E-state index < -0.39 is 6.73 Å². The molecule has 0 amide bonds. The van der Waals surface area contributed by atoms with Crippen LogP contribution in [0.4, 0.5) is 0 Å². The van der Waals surface area contributed by atoms with Gasteiger partial charge in [0, 0.05) is 0 Å². The summed E-state index contributed by atoms with van der Waals surface area (Å²) in [5.41, 5.74) is 0. The van der Waals surface area contributed by atoms with Gasteiger partial charge in [-0.2, -0.15) is 0 Å². The van der Waals surface area contributed by atoms with Gasteiger partial charge in [0.15, 0.2) is 0 Å². The van der Waals surface area contributed by atoms with E-state index in [1.165, 1.54) is 0 Å². The van der Waals surface area contributed by atoms with Gasteiger partial charge in [0.25, 0.3) is 0 Å². The molecule has 5 heteroatoms. The van der Waals surface area contributed by atoms with Crippen molar-refractivity contribution < 1.29 is 0 Å². The molecule has 0 heterocycles. The van der Waals surface area contributed by atoms with Crippen molar-refractivity contribution in [3.63, 3.8) is 0 Å².